The van der Waals surface area contributed by atoms with Gasteiger partial charge in [0.05, 0.1) is 30.3 Å². The third-order valence-electron chi connectivity index (χ3n) is 5.08. The van der Waals surface area contributed by atoms with Crippen LogP contribution in [0.15, 0.2) is 65.6 Å². The predicted molar refractivity (Wildman–Crippen MR) is 118 cm³/mol. The Balaban J connectivity index is 1.86. The molecule has 3 aromatic rings. The molecular weight excluding hydrogens is 438 g/mol. The lowest BCUT2D eigenvalue weighted by Gasteiger charge is -2.25. The van der Waals surface area contributed by atoms with Gasteiger partial charge in [-0.2, -0.15) is 0 Å². The van der Waals surface area contributed by atoms with Crippen LogP contribution in [0.1, 0.15) is 22.0 Å². The van der Waals surface area contributed by atoms with Gasteiger partial charge in [0.2, 0.25) is 0 Å². The summed E-state index contributed by atoms with van der Waals surface area (Å²) in [6.45, 7) is 0.216. The molecule has 2 heterocycles. The van der Waals surface area contributed by atoms with E-state index < -0.39 is 17.7 Å². The monoisotopic (exact) mass is 455 g/mol. The number of carbonyl (C=O) groups excluding carboxylic acids is 2. The van der Waals surface area contributed by atoms with Crippen molar-refractivity contribution in [1.29, 1.82) is 0 Å². The molecule has 0 bridgehead atoms. The molecule has 31 heavy (non-hydrogen) atoms. The zero-order valence-electron chi connectivity index (χ0n) is 16.4. The van der Waals surface area contributed by atoms with Gasteiger partial charge in [-0.1, -0.05) is 29.8 Å². The van der Waals surface area contributed by atoms with Gasteiger partial charge in [0.1, 0.15) is 17.3 Å². The third kappa shape index (κ3) is 3.89. The summed E-state index contributed by atoms with van der Waals surface area (Å²) >= 11 is 7.66. The number of aromatic hydroxyl groups is 1. The molecule has 0 radical (unpaired) electrons. The molecule has 4 rings (SSSR count). The van der Waals surface area contributed by atoms with Crippen LogP contribution < -0.4 is 4.74 Å². The number of hydrogen-bond acceptors (Lipinski definition) is 6. The maximum absolute atomic E-state index is 13.0. The van der Waals surface area contributed by atoms with Crippen LogP contribution in [-0.2, 0) is 16.1 Å². The van der Waals surface area contributed by atoms with Gasteiger partial charge in [-0.3, -0.25) is 9.59 Å². The number of methoxy groups -OCH3 is 1. The number of benzene rings is 2. The quantitative estimate of drug-likeness (QED) is 0.329. The smallest absolute Gasteiger partial charge is 0.295 e. The summed E-state index contributed by atoms with van der Waals surface area (Å²) in [4.78, 5) is 28.3. The first-order valence-electron chi connectivity index (χ1n) is 9.34. The summed E-state index contributed by atoms with van der Waals surface area (Å²) in [5, 5.41) is 22.9. The number of ketones is 1. The normalized spacial score (nSPS) is 17.9. The predicted octanol–water partition coefficient (Wildman–Crippen LogP) is 4.74. The number of halogens is 1. The highest BCUT2D eigenvalue weighted by molar-refractivity contribution is 7.09. The number of rotatable bonds is 5. The van der Waals surface area contributed by atoms with Crippen molar-refractivity contribution in [2.24, 2.45) is 0 Å². The molecule has 1 aliphatic rings. The summed E-state index contributed by atoms with van der Waals surface area (Å²) in [5.41, 5.74) is 0.854. The SMILES string of the molecule is COc1ccc(/C(O)=C2/C(=O)C(=O)N(Cc3cccs3)C2c2ccc(O)cc2)cc1Cl. The number of likely N-dealkylation sites (tertiary alicyclic amines) is 1. The van der Waals surface area contributed by atoms with E-state index in [9.17, 15) is 19.8 Å². The van der Waals surface area contributed by atoms with Gasteiger partial charge in [0, 0.05) is 10.4 Å². The maximum atomic E-state index is 13.0. The number of phenols is 1. The average molecular weight is 456 g/mol. The fourth-order valence-electron chi connectivity index (χ4n) is 3.59. The summed E-state index contributed by atoms with van der Waals surface area (Å²) in [7, 11) is 1.47. The molecule has 0 spiro atoms. The Morgan fingerprint density at radius 1 is 1.16 bits per heavy atom. The molecule has 8 heteroatoms. The minimum Gasteiger partial charge on any atom is -0.508 e. The zero-order valence-corrected chi connectivity index (χ0v) is 18.0. The van der Waals surface area contributed by atoms with Crippen LogP contribution in [0.2, 0.25) is 5.02 Å². The lowest BCUT2D eigenvalue weighted by atomic mass is 9.95. The van der Waals surface area contributed by atoms with Crippen molar-refractivity contribution in [3.05, 3.63) is 86.6 Å². The van der Waals surface area contributed by atoms with Crippen molar-refractivity contribution in [3.63, 3.8) is 0 Å². The van der Waals surface area contributed by atoms with Crippen LogP contribution >= 0.6 is 22.9 Å². The number of aliphatic hydroxyl groups is 1. The third-order valence-corrected chi connectivity index (χ3v) is 6.24. The maximum Gasteiger partial charge on any atom is 0.295 e. The largest absolute Gasteiger partial charge is 0.508 e. The van der Waals surface area contributed by atoms with E-state index in [4.69, 9.17) is 16.3 Å². The van der Waals surface area contributed by atoms with E-state index in [1.54, 1.807) is 24.3 Å². The Hall–Kier alpha value is -3.29. The van der Waals surface area contributed by atoms with Crippen molar-refractivity contribution < 1.29 is 24.5 Å². The van der Waals surface area contributed by atoms with E-state index in [1.807, 2.05) is 17.5 Å². The second kappa shape index (κ2) is 8.45. The van der Waals surface area contributed by atoms with Crippen molar-refractivity contribution in [2.75, 3.05) is 7.11 Å². The number of hydrogen-bond donors (Lipinski definition) is 2. The molecule has 2 aromatic carbocycles. The fraction of sp³-hybridized carbons (Fsp3) is 0.130. The lowest BCUT2D eigenvalue weighted by molar-refractivity contribution is -0.140. The molecule has 1 aliphatic heterocycles. The molecule has 1 fully saturated rings. The standard InChI is InChI=1S/C23H18ClNO5S/c1-30-18-9-6-14(11-17(18)24)21(27)19-20(13-4-7-15(26)8-5-13)25(23(29)22(19)28)12-16-3-2-10-31-16/h2-11,20,26-27H,12H2,1H3/b21-19-. The Kier molecular flexibility index (Phi) is 5.71. The Labute approximate surface area is 187 Å². The summed E-state index contributed by atoms with van der Waals surface area (Å²) in [6.07, 6.45) is 0. The van der Waals surface area contributed by atoms with Gasteiger partial charge in [-0.25, -0.2) is 0 Å². The van der Waals surface area contributed by atoms with Gasteiger partial charge in [0.15, 0.2) is 0 Å². The minimum atomic E-state index is -0.816. The molecule has 1 atom stereocenters. The molecule has 1 unspecified atom stereocenters. The first-order valence-corrected chi connectivity index (χ1v) is 10.6. The molecule has 0 saturated carbocycles. The highest BCUT2D eigenvalue weighted by Crippen LogP contribution is 2.41. The molecule has 1 saturated heterocycles. The summed E-state index contributed by atoms with van der Waals surface area (Å²) in [6, 6.07) is 13.8. The van der Waals surface area contributed by atoms with Crippen molar-refractivity contribution >= 4 is 40.4 Å². The Morgan fingerprint density at radius 2 is 1.90 bits per heavy atom. The number of carbonyl (C=O) groups is 2. The van der Waals surface area contributed by atoms with Crippen molar-refractivity contribution in [1.82, 2.24) is 4.90 Å². The number of ether oxygens (including phenoxy) is 1. The first-order chi connectivity index (χ1) is 14.9. The molecule has 0 aliphatic carbocycles. The van der Waals surface area contributed by atoms with Gasteiger partial charge in [-0.05, 0) is 47.3 Å². The van der Waals surface area contributed by atoms with E-state index in [0.29, 0.717) is 16.9 Å². The highest BCUT2D eigenvalue weighted by Gasteiger charge is 2.46. The topological polar surface area (TPSA) is 87.1 Å². The van der Waals surface area contributed by atoms with Gasteiger partial charge in [0.25, 0.3) is 11.7 Å². The first kappa shape index (κ1) is 21.0. The van der Waals surface area contributed by atoms with E-state index in [0.717, 1.165) is 4.88 Å². The van der Waals surface area contributed by atoms with Gasteiger partial charge in [-0.15, -0.1) is 11.3 Å². The highest BCUT2D eigenvalue weighted by atomic mass is 35.5. The molecule has 6 nitrogen and oxygen atoms in total. The van der Waals surface area contributed by atoms with Crippen LogP contribution in [0, 0.1) is 0 Å². The van der Waals surface area contributed by atoms with Crippen molar-refractivity contribution in [3.8, 4) is 11.5 Å². The summed E-state index contributed by atoms with van der Waals surface area (Å²) in [5.74, 6) is -1.33. The van der Waals surface area contributed by atoms with E-state index in [-0.39, 0.29) is 28.6 Å². The van der Waals surface area contributed by atoms with E-state index >= 15 is 0 Å². The second-order valence-electron chi connectivity index (χ2n) is 6.95. The lowest BCUT2D eigenvalue weighted by Crippen LogP contribution is -2.28. The number of nitrogens with zero attached hydrogens (tertiary/aromatic N) is 1. The molecular formula is C23H18ClNO5S. The second-order valence-corrected chi connectivity index (χ2v) is 8.39. The van der Waals surface area contributed by atoms with E-state index in [2.05, 4.69) is 0 Å². The Morgan fingerprint density at radius 3 is 2.52 bits per heavy atom. The van der Waals surface area contributed by atoms with E-state index in [1.165, 1.54) is 41.5 Å². The van der Waals surface area contributed by atoms with Crippen LogP contribution in [-0.4, -0.2) is 33.9 Å². The molecule has 158 valence electrons. The van der Waals surface area contributed by atoms with Crippen LogP contribution in [0.5, 0.6) is 11.5 Å². The number of aliphatic hydroxyl groups excluding tert-OH is 1. The number of thiophene rings is 1. The molecule has 1 aromatic heterocycles. The molecule has 1 amide bonds. The minimum absolute atomic E-state index is 0.0338. The molecule has 2 N–H and O–H groups in total. The summed E-state index contributed by atoms with van der Waals surface area (Å²) < 4.78 is 5.14. The number of phenolic OH excluding ortho intramolecular Hbond substituents is 1. The van der Waals surface area contributed by atoms with Crippen LogP contribution in [0.25, 0.3) is 5.76 Å². The number of Topliss-reactive ketones (excluding diaryl/α,β-unsaturated/α-hetero) is 1. The van der Waals surface area contributed by atoms with Gasteiger partial charge >= 0.3 is 0 Å². The zero-order chi connectivity index (χ0) is 22.1. The average Bonchev–Trinajstić information content (AvgIpc) is 3.36. The van der Waals surface area contributed by atoms with Crippen LogP contribution in [0.3, 0.4) is 0 Å². The fourth-order valence-corrected chi connectivity index (χ4v) is 4.55. The Bertz CT molecular complexity index is 1170. The number of amides is 1. The van der Waals surface area contributed by atoms with Crippen LogP contribution in [0.4, 0.5) is 0 Å². The van der Waals surface area contributed by atoms with Crippen molar-refractivity contribution in [2.45, 2.75) is 12.6 Å². The van der Waals surface area contributed by atoms with Gasteiger partial charge < -0.3 is 19.8 Å².